The Morgan fingerprint density at radius 2 is 1.90 bits per heavy atom. The van der Waals surface area contributed by atoms with Gasteiger partial charge in [0.15, 0.2) is 0 Å². The molecule has 0 saturated carbocycles. The molecule has 114 valence electrons. The first-order valence-corrected chi connectivity index (χ1v) is 7.54. The molecule has 0 bridgehead atoms. The van der Waals surface area contributed by atoms with Crippen molar-refractivity contribution in [1.82, 2.24) is 9.80 Å². The molecule has 1 aliphatic heterocycles. The molecular formula is C16H22N2O3. The Bertz CT molecular complexity index is 524. The number of benzene rings is 1. The summed E-state index contributed by atoms with van der Waals surface area (Å²) in [5.74, 6) is -0.204. The number of piperazine rings is 1. The van der Waals surface area contributed by atoms with Crippen LogP contribution in [0.4, 0.5) is 0 Å². The lowest BCUT2D eigenvalue weighted by Crippen LogP contribution is -2.54. The largest absolute Gasteiger partial charge is 0.387 e. The predicted octanol–water partition coefficient (Wildman–Crippen LogP) is 0.170. The minimum absolute atomic E-state index is 0.103. The van der Waals surface area contributed by atoms with E-state index < -0.39 is 12.2 Å². The Morgan fingerprint density at radius 3 is 2.52 bits per heavy atom. The molecule has 0 spiro atoms. The zero-order valence-electron chi connectivity index (χ0n) is 12.3. The third-order valence-electron chi connectivity index (χ3n) is 4.62. The highest BCUT2D eigenvalue weighted by molar-refractivity contribution is 5.80. The van der Waals surface area contributed by atoms with E-state index in [4.69, 9.17) is 0 Å². The van der Waals surface area contributed by atoms with Crippen LogP contribution < -0.4 is 0 Å². The second kappa shape index (κ2) is 5.75. The highest BCUT2D eigenvalue weighted by Crippen LogP contribution is 2.34. The van der Waals surface area contributed by atoms with E-state index in [1.807, 2.05) is 18.2 Å². The van der Waals surface area contributed by atoms with Crippen molar-refractivity contribution in [2.45, 2.75) is 31.6 Å². The van der Waals surface area contributed by atoms with Crippen LogP contribution in [-0.2, 0) is 11.2 Å². The maximum absolute atomic E-state index is 11.8. The van der Waals surface area contributed by atoms with Crippen LogP contribution >= 0.6 is 0 Å². The van der Waals surface area contributed by atoms with Crippen molar-refractivity contribution in [2.75, 3.05) is 26.2 Å². The maximum atomic E-state index is 11.8. The summed E-state index contributed by atoms with van der Waals surface area (Å²) in [5, 5.41) is 19.9. The van der Waals surface area contributed by atoms with Crippen molar-refractivity contribution in [3.8, 4) is 0 Å². The SMILES string of the molecule is CC(O)C(=O)N1CCN(C2Cc3ccccc3C2O)CC1. The number of hydrogen-bond donors (Lipinski definition) is 2. The van der Waals surface area contributed by atoms with Crippen LogP contribution in [0.15, 0.2) is 24.3 Å². The van der Waals surface area contributed by atoms with Crippen LogP contribution in [0.2, 0.25) is 0 Å². The van der Waals surface area contributed by atoms with E-state index >= 15 is 0 Å². The van der Waals surface area contributed by atoms with E-state index in [9.17, 15) is 15.0 Å². The maximum Gasteiger partial charge on any atom is 0.251 e. The summed E-state index contributed by atoms with van der Waals surface area (Å²) in [7, 11) is 0. The molecule has 5 heteroatoms. The normalized spacial score (nSPS) is 27.5. The zero-order chi connectivity index (χ0) is 15.0. The van der Waals surface area contributed by atoms with Crippen LogP contribution in [0, 0.1) is 0 Å². The average molecular weight is 290 g/mol. The highest BCUT2D eigenvalue weighted by Gasteiger charge is 2.36. The molecule has 2 N–H and O–H groups in total. The molecule has 3 rings (SSSR count). The molecule has 3 atom stereocenters. The summed E-state index contributed by atoms with van der Waals surface area (Å²) in [6, 6.07) is 8.14. The molecule has 3 unspecified atom stereocenters. The Morgan fingerprint density at radius 1 is 1.24 bits per heavy atom. The molecular weight excluding hydrogens is 268 g/mol. The minimum Gasteiger partial charge on any atom is -0.387 e. The number of fused-ring (bicyclic) bond motifs is 1. The van der Waals surface area contributed by atoms with Gasteiger partial charge in [-0.15, -0.1) is 0 Å². The van der Waals surface area contributed by atoms with Gasteiger partial charge < -0.3 is 15.1 Å². The zero-order valence-corrected chi connectivity index (χ0v) is 12.3. The quantitative estimate of drug-likeness (QED) is 0.815. The van der Waals surface area contributed by atoms with E-state index in [0.29, 0.717) is 13.1 Å². The molecule has 1 amide bonds. The van der Waals surface area contributed by atoms with E-state index in [-0.39, 0.29) is 11.9 Å². The molecule has 1 heterocycles. The van der Waals surface area contributed by atoms with Crippen molar-refractivity contribution in [3.05, 3.63) is 35.4 Å². The molecule has 2 aliphatic rings. The van der Waals surface area contributed by atoms with Crippen LogP contribution in [0.1, 0.15) is 24.2 Å². The fourth-order valence-electron chi connectivity index (χ4n) is 3.42. The molecule has 0 radical (unpaired) electrons. The van der Waals surface area contributed by atoms with Gasteiger partial charge in [0, 0.05) is 32.2 Å². The van der Waals surface area contributed by atoms with Gasteiger partial charge in [0.25, 0.3) is 5.91 Å². The Kier molecular flexibility index (Phi) is 3.97. The summed E-state index contributed by atoms with van der Waals surface area (Å²) >= 11 is 0. The Hall–Kier alpha value is -1.43. The molecule has 1 saturated heterocycles. The number of aliphatic hydroxyl groups excluding tert-OH is 2. The van der Waals surface area contributed by atoms with E-state index in [2.05, 4.69) is 11.0 Å². The molecule has 1 aromatic carbocycles. The van der Waals surface area contributed by atoms with Crippen LogP contribution in [0.5, 0.6) is 0 Å². The highest BCUT2D eigenvalue weighted by atomic mass is 16.3. The van der Waals surface area contributed by atoms with Crippen molar-refractivity contribution < 1.29 is 15.0 Å². The summed E-state index contributed by atoms with van der Waals surface area (Å²) in [6.45, 7) is 4.22. The van der Waals surface area contributed by atoms with E-state index in [1.165, 1.54) is 12.5 Å². The molecule has 0 aromatic heterocycles. The topological polar surface area (TPSA) is 64.0 Å². The second-order valence-electron chi connectivity index (χ2n) is 5.95. The van der Waals surface area contributed by atoms with Gasteiger partial charge in [-0.1, -0.05) is 24.3 Å². The lowest BCUT2D eigenvalue weighted by atomic mass is 10.1. The summed E-state index contributed by atoms with van der Waals surface area (Å²) in [5.41, 5.74) is 2.25. The second-order valence-corrected chi connectivity index (χ2v) is 5.95. The number of carbonyl (C=O) groups excluding carboxylic acids is 1. The molecule has 5 nitrogen and oxygen atoms in total. The summed E-state index contributed by atoms with van der Waals surface area (Å²) in [6.07, 6.45) is -0.514. The van der Waals surface area contributed by atoms with Gasteiger partial charge in [-0.05, 0) is 24.5 Å². The molecule has 1 aliphatic carbocycles. The fraction of sp³-hybridized carbons (Fsp3) is 0.562. The van der Waals surface area contributed by atoms with Gasteiger partial charge in [0.05, 0.1) is 6.10 Å². The first kappa shape index (κ1) is 14.5. The van der Waals surface area contributed by atoms with Crippen molar-refractivity contribution in [1.29, 1.82) is 0 Å². The Labute approximate surface area is 124 Å². The number of rotatable bonds is 2. The van der Waals surface area contributed by atoms with Gasteiger partial charge >= 0.3 is 0 Å². The minimum atomic E-state index is -0.933. The third kappa shape index (κ3) is 2.69. The van der Waals surface area contributed by atoms with E-state index in [1.54, 1.807) is 4.90 Å². The molecule has 21 heavy (non-hydrogen) atoms. The van der Waals surface area contributed by atoms with Crippen LogP contribution in [-0.4, -0.2) is 64.2 Å². The number of amides is 1. The molecule has 1 fully saturated rings. The van der Waals surface area contributed by atoms with E-state index in [0.717, 1.165) is 25.1 Å². The number of hydrogen-bond acceptors (Lipinski definition) is 4. The van der Waals surface area contributed by atoms with Crippen LogP contribution in [0.25, 0.3) is 0 Å². The van der Waals surface area contributed by atoms with Crippen molar-refractivity contribution in [3.63, 3.8) is 0 Å². The predicted molar refractivity (Wildman–Crippen MR) is 78.7 cm³/mol. The first-order valence-electron chi connectivity index (χ1n) is 7.54. The monoisotopic (exact) mass is 290 g/mol. The van der Waals surface area contributed by atoms with Crippen molar-refractivity contribution >= 4 is 5.91 Å². The number of aliphatic hydroxyl groups is 2. The van der Waals surface area contributed by atoms with Gasteiger partial charge in [0.2, 0.25) is 0 Å². The van der Waals surface area contributed by atoms with Crippen molar-refractivity contribution in [2.24, 2.45) is 0 Å². The number of nitrogens with zero attached hydrogens (tertiary/aromatic N) is 2. The Balaban J connectivity index is 1.63. The summed E-state index contributed by atoms with van der Waals surface area (Å²) in [4.78, 5) is 15.7. The van der Waals surface area contributed by atoms with Gasteiger partial charge in [-0.2, -0.15) is 0 Å². The third-order valence-corrected chi connectivity index (χ3v) is 4.62. The number of carbonyl (C=O) groups is 1. The lowest BCUT2D eigenvalue weighted by Gasteiger charge is -2.39. The fourth-order valence-corrected chi connectivity index (χ4v) is 3.42. The van der Waals surface area contributed by atoms with Gasteiger partial charge in [0.1, 0.15) is 6.10 Å². The lowest BCUT2D eigenvalue weighted by molar-refractivity contribution is -0.141. The first-order chi connectivity index (χ1) is 10.1. The standard InChI is InChI=1S/C16H22N2O3/c1-11(19)16(21)18-8-6-17(7-9-18)14-10-12-4-2-3-5-13(12)15(14)20/h2-5,11,14-15,19-20H,6-10H2,1H3. The average Bonchev–Trinajstić information content (AvgIpc) is 2.84. The van der Waals surface area contributed by atoms with Gasteiger partial charge in [-0.3, -0.25) is 9.69 Å². The summed E-state index contributed by atoms with van der Waals surface area (Å²) < 4.78 is 0. The smallest absolute Gasteiger partial charge is 0.251 e. The van der Waals surface area contributed by atoms with Crippen LogP contribution in [0.3, 0.4) is 0 Å². The van der Waals surface area contributed by atoms with Gasteiger partial charge in [-0.25, -0.2) is 0 Å². The molecule has 1 aromatic rings.